The lowest BCUT2D eigenvalue weighted by Gasteiger charge is -2.21. The number of hydrogen-bond donors (Lipinski definition) is 3. The van der Waals surface area contributed by atoms with E-state index >= 15 is 0 Å². The minimum atomic E-state index is -4.95. The van der Waals surface area contributed by atoms with Crippen LogP contribution >= 0.6 is 15.6 Å². The van der Waals surface area contributed by atoms with E-state index in [4.69, 9.17) is 37.0 Å². The minimum absolute atomic E-state index is 0.103. The van der Waals surface area contributed by atoms with Crippen LogP contribution in [0.3, 0.4) is 0 Å². The first-order valence-corrected chi connectivity index (χ1v) is 39.3. The number of rotatable bonds is 67. The van der Waals surface area contributed by atoms with Crippen LogP contribution in [0.25, 0.3) is 0 Å². The summed E-state index contributed by atoms with van der Waals surface area (Å²) in [5.74, 6) is 0.894. The van der Waals surface area contributed by atoms with E-state index in [9.17, 15) is 43.2 Å². The van der Waals surface area contributed by atoms with E-state index in [2.05, 4.69) is 55.4 Å². The van der Waals surface area contributed by atoms with Crippen molar-refractivity contribution in [1.82, 2.24) is 0 Å². The minimum Gasteiger partial charge on any atom is -0.462 e. The summed E-state index contributed by atoms with van der Waals surface area (Å²) in [6.07, 6.45) is 41.7. The lowest BCUT2D eigenvalue weighted by molar-refractivity contribution is -0.161. The summed E-state index contributed by atoms with van der Waals surface area (Å²) >= 11 is 0. The normalized spacial score (nSPS) is 15.2. The van der Waals surface area contributed by atoms with Gasteiger partial charge in [0.15, 0.2) is 12.2 Å². The fourth-order valence-electron chi connectivity index (χ4n) is 10.4. The SMILES string of the molecule is CCC(C)CCCCCCCCCCC(=O)O[C@H](COC(=O)CCCCCCCCC(C)CC)COP(=O)(O)OC[C@@H](O)COP(=O)(O)OC[C@@H](COC(=O)CCCCCCCCC(C)CC)OC(=O)CCCCCCCCCCCCCCCCC(C)C. The number of aliphatic hydroxyl groups excluding tert-OH is 1. The van der Waals surface area contributed by atoms with E-state index in [1.165, 1.54) is 135 Å². The van der Waals surface area contributed by atoms with E-state index in [0.29, 0.717) is 25.7 Å². The van der Waals surface area contributed by atoms with Crippen LogP contribution in [0.1, 0.15) is 344 Å². The Morgan fingerprint density at radius 2 is 0.539 bits per heavy atom. The van der Waals surface area contributed by atoms with Crippen LogP contribution in [0.2, 0.25) is 0 Å². The Labute approximate surface area is 543 Å². The Morgan fingerprint density at radius 1 is 0.315 bits per heavy atom. The van der Waals surface area contributed by atoms with Gasteiger partial charge in [-0.25, -0.2) is 9.13 Å². The van der Waals surface area contributed by atoms with Crippen molar-refractivity contribution in [2.75, 3.05) is 39.6 Å². The number of carbonyl (C=O) groups is 4. The first-order valence-electron chi connectivity index (χ1n) is 36.3. The van der Waals surface area contributed by atoms with Crippen molar-refractivity contribution in [1.29, 1.82) is 0 Å². The molecule has 0 bridgehead atoms. The first-order chi connectivity index (χ1) is 42.7. The summed E-state index contributed by atoms with van der Waals surface area (Å²) in [5, 5.41) is 10.6. The summed E-state index contributed by atoms with van der Waals surface area (Å²) in [7, 11) is -9.90. The zero-order chi connectivity index (χ0) is 66.1. The van der Waals surface area contributed by atoms with Gasteiger partial charge in [-0.2, -0.15) is 0 Å². The topological polar surface area (TPSA) is 237 Å². The molecule has 0 aliphatic carbocycles. The number of esters is 4. The Kier molecular flexibility index (Phi) is 58.5. The van der Waals surface area contributed by atoms with Crippen LogP contribution in [0.4, 0.5) is 0 Å². The molecule has 528 valence electrons. The van der Waals surface area contributed by atoms with Gasteiger partial charge in [-0.1, -0.05) is 293 Å². The molecular weight excluding hydrogens is 1170 g/mol. The summed E-state index contributed by atoms with van der Waals surface area (Å²) in [4.78, 5) is 72.5. The van der Waals surface area contributed by atoms with Gasteiger partial charge in [-0.15, -0.1) is 0 Å². The lowest BCUT2D eigenvalue weighted by Crippen LogP contribution is -2.30. The fraction of sp³-hybridized carbons (Fsp3) is 0.943. The van der Waals surface area contributed by atoms with E-state index in [-0.39, 0.29) is 25.7 Å². The Hall–Kier alpha value is -1.94. The zero-order valence-corrected chi connectivity index (χ0v) is 59.8. The molecule has 19 heteroatoms. The van der Waals surface area contributed by atoms with Crippen LogP contribution < -0.4 is 0 Å². The number of ether oxygens (including phenoxy) is 4. The summed E-state index contributed by atoms with van der Waals surface area (Å²) in [6.45, 7) is 14.1. The maximum atomic E-state index is 13.0. The van der Waals surface area contributed by atoms with Gasteiger partial charge in [0, 0.05) is 25.7 Å². The van der Waals surface area contributed by atoms with Gasteiger partial charge >= 0.3 is 39.5 Å². The monoisotopic (exact) mass is 1310 g/mol. The first kappa shape index (κ1) is 87.1. The van der Waals surface area contributed by atoms with Crippen molar-refractivity contribution < 1.29 is 80.2 Å². The van der Waals surface area contributed by atoms with Gasteiger partial charge < -0.3 is 33.8 Å². The van der Waals surface area contributed by atoms with E-state index < -0.39 is 97.5 Å². The highest BCUT2D eigenvalue weighted by atomic mass is 31.2. The van der Waals surface area contributed by atoms with Crippen LogP contribution in [0.15, 0.2) is 0 Å². The van der Waals surface area contributed by atoms with Crippen molar-refractivity contribution in [2.24, 2.45) is 23.7 Å². The second-order valence-electron chi connectivity index (χ2n) is 26.5. The Bertz CT molecular complexity index is 1770. The second-order valence-corrected chi connectivity index (χ2v) is 29.4. The molecule has 0 aromatic carbocycles. The Morgan fingerprint density at radius 3 is 0.798 bits per heavy atom. The molecule has 0 rings (SSSR count). The second kappa shape index (κ2) is 59.8. The molecule has 3 N–H and O–H groups in total. The molecule has 0 aromatic rings. The van der Waals surface area contributed by atoms with E-state index in [1.807, 2.05) is 0 Å². The largest absolute Gasteiger partial charge is 0.472 e. The highest BCUT2D eigenvalue weighted by Gasteiger charge is 2.30. The summed E-state index contributed by atoms with van der Waals surface area (Å²) < 4.78 is 68.3. The number of phosphoric acid groups is 2. The van der Waals surface area contributed by atoms with E-state index in [1.54, 1.807) is 0 Å². The van der Waals surface area contributed by atoms with Crippen molar-refractivity contribution >= 4 is 39.5 Å². The van der Waals surface area contributed by atoms with Crippen molar-refractivity contribution in [3.8, 4) is 0 Å². The predicted molar refractivity (Wildman–Crippen MR) is 358 cm³/mol. The third-order valence-corrected chi connectivity index (χ3v) is 19.1. The molecule has 0 aliphatic heterocycles. The molecule has 8 atom stereocenters. The highest BCUT2D eigenvalue weighted by Crippen LogP contribution is 2.45. The zero-order valence-electron chi connectivity index (χ0n) is 58.1. The van der Waals surface area contributed by atoms with Crippen molar-refractivity contribution in [3.63, 3.8) is 0 Å². The average Bonchev–Trinajstić information content (AvgIpc) is 3.69. The molecule has 0 heterocycles. The number of hydrogen-bond acceptors (Lipinski definition) is 15. The number of aliphatic hydroxyl groups is 1. The molecule has 0 amide bonds. The number of carbonyl (C=O) groups excluding carboxylic acids is 4. The molecule has 0 aromatic heterocycles. The number of unbranched alkanes of at least 4 members (excludes halogenated alkanes) is 30. The molecule has 89 heavy (non-hydrogen) atoms. The van der Waals surface area contributed by atoms with Crippen molar-refractivity contribution in [3.05, 3.63) is 0 Å². The Balaban J connectivity index is 5.25. The summed E-state index contributed by atoms with van der Waals surface area (Å²) in [6, 6.07) is 0. The van der Waals surface area contributed by atoms with Crippen LogP contribution in [-0.2, 0) is 65.4 Å². The van der Waals surface area contributed by atoms with Gasteiger partial charge in [0.05, 0.1) is 26.4 Å². The average molecular weight is 1310 g/mol. The molecule has 0 spiro atoms. The molecular formula is C70H136O17P2. The van der Waals surface area contributed by atoms with E-state index in [0.717, 1.165) is 126 Å². The molecule has 5 unspecified atom stereocenters. The third kappa shape index (κ3) is 60.7. The molecule has 17 nitrogen and oxygen atoms in total. The van der Waals surface area contributed by atoms with Gasteiger partial charge in [0.2, 0.25) is 0 Å². The molecule has 0 radical (unpaired) electrons. The van der Waals surface area contributed by atoms with Gasteiger partial charge in [0.25, 0.3) is 0 Å². The number of phosphoric ester groups is 2. The van der Waals surface area contributed by atoms with Crippen LogP contribution in [0, 0.1) is 23.7 Å². The molecule has 0 saturated heterocycles. The molecule has 0 aliphatic rings. The standard InChI is InChI=1S/C70H136O17P2/c1-9-61(6)47-39-31-23-20-21-25-37-45-53-70(75)87-66(57-81-68(73)51-43-35-29-27-33-41-49-63(8)11-3)59-85-89(78,79)83-55-64(71)54-82-88(76,77)84-58-65(56-80-67(72)50-42-34-28-26-32-40-48-62(7)10-2)86-69(74)52-44-36-24-19-17-15-13-12-14-16-18-22-30-38-46-60(4)5/h60-66,71H,9-59H2,1-8H3,(H,76,77)(H,78,79)/t61?,62?,63?,64-,65+,66+/m0/s1. The fourth-order valence-corrected chi connectivity index (χ4v) is 12.0. The quantitative estimate of drug-likeness (QED) is 0.0222. The van der Waals surface area contributed by atoms with Crippen molar-refractivity contribution in [2.45, 2.75) is 363 Å². The summed E-state index contributed by atoms with van der Waals surface area (Å²) in [5.41, 5.74) is 0. The maximum Gasteiger partial charge on any atom is 0.472 e. The third-order valence-electron chi connectivity index (χ3n) is 17.2. The molecule has 0 saturated carbocycles. The van der Waals surface area contributed by atoms with Gasteiger partial charge in [-0.3, -0.25) is 37.3 Å². The predicted octanol–water partition coefficient (Wildman–Crippen LogP) is 19.7. The molecule has 0 fully saturated rings. The highest BCUT2D eigenvalue weighted by molar-refractivity contribution is 7.47. The van der Waals surface area contributed by atoms with Crippen LogP contribution in [0.5, 0.6) is 0 Å². The van der Waals surface area contributed by atoms with Gasteiger partial charge in [0.1, 0.15) is 19.3 Å². The maximum absolute atomic E-state index is 13.0. The van der Waals surface area contributed by atoms with Gasteiger partial charge in [-0.05, 0) is 49.4 Å². The van der Waals surface area contributed by atoms with Crippen LogP contribution in [-0.4, -0.2) is 96.7 Å². The smallest absolute Gasteiger partial charge is 0.462 e. The lowest BCUT2D eigenvalue weighted by atomic mass is 9.99.